The van der Waals surface area contributed by atoms with Crippen molar-refractivity contribution in [1.29, 1.82) is 0 Å². The molecule has 0 spiro atoms. The topological polar surface area (TPSA) is 174 Å². The molecule has 1 saturated carbocycles. The van der Waals surface area contributed by atoms with E-state index in [0.29, 0.717) is 37.5 Å². The van der Waals surface area contributed by atoms with Gasteiger partial charge in [0, 0.05) is 89.0 Å². The van der Waals surface area contributed by atoms with Gasteiger partial charge in [-0.3, -0.25) is 46.8 Å². The summed E-state index contributed by atoms with van der Waals surface area (Å²) >= 11 is 0. The summed E-state index contributed by atoms with van der Waals surface area (Å²) < 4.78 is 7.50. The third-order valence-electron chi connectivity index (χ3n) is 14.5. The average Bonchev–Trinajstić information content (AvgIpc) is 4.12. The maximum atomic E-state index is 14.7. The molecule has 0 bridgehead atoms. The van der Waals surface area contributed by atoms with Crippen LogP contribution in [-0.4, -0.2) is 77.3 Å². The van der Waals surface area contributed by atoms with Crippen molar-refractivity contribution in [1.82, 2.24) is 47.8 Å². The smallest absolute Gasteiger partial charge is 0.237 e. The molecular weight excluding hydrogens is 797 g/mol. The molecule has 0 aliphatic heterocycles. The molecule has 0 amide bonds. The van der Waals surface area contributed by atoms with Gasteiger partial charge >= 0.3 is 0 Å². The molecule has 63 heavy (non-hydrogen) atoms. The van der Waals surface area contributed by atoms with Crippen LogP contribution in [0.1, 0.15) is 150 Å². The number of nitrogens with zero attached hydrogens (tertiary/aromatic N) is 10. The summed E-state index contributed by atoms with van der Waals surface area (Å²) in [5, 5.41) is 0. The third-order valence-corrected chi connectivity index (χ3v) is 14.5. The van der Waals surface area contributed by atoms with Gasteiger partial charge in [-0.25, -0.2) is 24.9 Å². The molecule has 15 heteroatoms. The van der Waals surface area contributed by atoms with Gasteiger partial charge in [0.15, 0.2) is 0 Å². The van der Waals surface area contributed by atoms with Crippen LogP contribution in [0, 0.1) is 50.7 Å². The number of rotatable bonds is 18. The Hall–Kier alpha value is -5.60. The lowest BCUT2D eigenvalue weighted by Crippen LogP contribution is -2.47. The Balaban J connectivity index is 1.20. The van der Waals surface area contributed by atoms with Gasteiger partial charge in [0.25, 0.3) is 0 Å². The molecule has 1 aliphatic carbocycles. The Morgan fingerprint density at radius 1 is 0.460 bits per heavy atom. The molecule has 5 heterocycles. The maximum Gasteiger partial charge on any atom is 0.237 e. The summed E-state index contributed by atoms with van der Waals surface area (Å²) in [6.07, 6.45) is 29.9. The van der Waals surface area contributed by atoms with E-state index in [1.165, 1.54) is 43.6 Å². The predicted octanol–water partition coefficient (Wildman–Crippen LogP) is 9.16. The fourth-order valence-electron chi connectivity index (χ4n) is 11.3. The molecule has 1 fully saturated rings. The van der Waals surface area contributed by atoms with Crippen LogP contribution in [-0.2, 0) is 0 Å². The van der Waals surface area contributed by atoms with Crippen molar-refractivity contribution in [3.63, 3.8) is 0 Å². The number of carbonyl (C=O) groups excluding carboxylic acids is 5. The van der Waals surface area contributed by atoms with Gasteiger partial charge in [0.05, 0.1) is 0 Å². The highest BCUT2D eigenvalue weighted by molar-refractivity contribution is 5.90. The number of carbonyl (C=O) groups is 5. The molecule has 338 valence electrons. The van der Waals surface area contributed by atoms with Gasteiger partial charge in [-0.15, -0.1) is 0 Å². The van der Waals surface area contributed by atoms with Crippen LogP contribution in [0.4, 0.5) is 0 Å². The van der Waals surface area contributed by atoms with E-state index in [1.807, 2.05) is 48.5 Å². The van der Waals surface area contributed by atoms with E-state index >= 15 is 0 Å². The van der Waals surface area contributed by atoms with Gasteiger partial charge in [0.2, 0.25) is 29.5 Å². The van der Waals surface area contributed by atoms with Crippen LogP contribution in [0.3, 0.4) is 0 Å². The Morgan fingerprint density at radius 3 is 1.05 bits per heavy atom. The van der Waals surface area contributed by atoms with Gasteiger partial charge in [-0.2, -0.15) is 0 Å². The fourth-order valence-corrected chi connectivity index (χ4v) is 11.3. The first kappa shape index (κ1) is 46.9. The minimum Gasteiger partial charge on any atom is -0.276 e. The molecular formula is C48H66N10O5. The van der Waals surface area contributed by atoms with Gasteiger partial charge in [0.1, 0.15) is 31.6 Å². The summed E-state index contributed by atoms with van der Waals surface area (Å²) in [6.45, 7) is 17.9. The monoisotopic (exact) mass is 863 g/mol. The van der Waals surface area contributed by atoms with Crippen LogP contribution in [0.25, 0.3) is 0 Å². The zero-order valence-electron chi connectivity index (χ0n) is 38.6. The van der Waals surface area contributed by atoms with E-state index in [-0.39, 0.29) is 54.2 Å². The molecule has 0 N–H and O–H groups in total. The normalized spacial score (nSPS) is 20.7. The largest absolute Gasteiger partial charge is 0.276 e. The molecule has 6 atom stereocenters. The second kappa shape index (κ2) is 18.6. The lowest BCUT2D eigenvalue weighted by Gasteiger charge is -2.44. The van der Waals surface area contributed by atoms with Crippen molar-refractivity contribution in [2.24, 2.45) is 50.7 Å². The van der Waals surface area contributed by atoms with Crippen LogP contribution in [0.2, 0.25) is 0 Å². The predicted molar refractivity (Wildman–Crippen MR) is 238 cm³/mol. The summed E-state index contributed by atoms with van der Waals surface area (Å²) in [5.41, 5.74) is -4.81. The number of hydrogen-bond donors (Lipinski definition) is 0. The molecule has 15 nitrogen and oxygen atoms in total. The maximum absolute atomic E-state index is 14.7. The second-order valence-electron chi connectivity index (χ2n) is 20.4. The molecule has 5 aromatic rings. The van der Waals surface area contributed by atoms with Crippen molar-refractivity contribution in [2.75, 3.05) is 0 Å². The Kier molecular flexibility index (Phi) is 13.9. The first-order valence-electron chi connectivity index (χ1n) is 22.4. The van der Waals surface area contributed by atoms with E-state index < -0.39 is 27.1 Å². The summed E-state index contributed by atoms with van der Waals surface area (Å²) in [4.78, 5) is 92.1. The second-order valence-corrected chi connectivity index (χ2v) is 20.4. The van der Waals surface area contributed by atoms with Crippen molar-refractivity contribution in [3.8, 4) is 0 Å². The molecule has 5 aromatic heterocycles. The fraction of sp³-hybridized carbons (Fsp3) is 0.583. The highest BCUT2D eigenvalue weighted by atomic mass is 16.2. The van der Waals surface area contributed by atoms with Crippen molar-refractivity contribution >= 4 is 29.5 Å². The Morgan fingerprint density at radius 2 is 0.746 bits per heavy atom. The van der Waals surface area contributed by atoms with Crippen molar-refractivity contribution < 1.29 is 24.0 Å². The molecule has 0 saturated heterocycles. The average molecular weight is 863 g/mol. The van der Waals surface area contributed by atoms with E-state index in [1.54, 1.807) is 72.9 Å². The van der Waals surface area contributed by atoms with Crippen molar-refractivity contribution in [3.05, 3.63) is 93.6 Å². The minimum absolute atomic E-state index is 0.0675. The first-order valence-corrected chi connectivity index (χ1v) is 22.4. The highest BCUT2D eigenvalue weighted by Crippen LogP contribution is 2.51. The van der Waals surface area contributed by atoms with Crippen LogP contribution in [0.5, 0.6) is 0 Å². The van der Waals surface area contributed by atoms with Crippen LogP contribution >= 0.6 is 0 Å². The third kappa shape index (κ3) is 10.1. The van der Waals surface area contributed by atoms with Gasteiger partial charge in [-0.05, 0) is 87.9 Å². The standard InChI is InChI=1S/C48H66N10O5/c1-10-45(6,40(60)55-21-16-50-31-55)28-46(7,41(61)56-22-17-51-32-56)25-35(2)37-11-13-38(14-12-37)36(3)26-47(8,42(62)57-23-18-52-33-57)29-48(9,43(63)58-24-19-53-34-58)27-44(4,5)39(59)54-20-15-49-30-54/h15-24,30-38H,10-14,25-29H2,1-9H3. The Bertz CT molecular complexity index is 2290. The molecule has 0 radical (unpaired) electrons. The zero-order valence-corrected chi connectivity index (χ0v) is 38.6. The van der Waals surface area contributed by atoms with E-state index in [9.17, 15) is 24.0 Å². The van der Waals surface area contributed by atoms with Crippen LogP contribution in [0.15, 0.2) is 93.6 Å². The summed E-state index contributed by atoms with van der Waals surface area (Å²) in [7, 11) is 0. The number of hydrogen-bond acceptors (Lipinski definition) is 10. The lowest BCUT2D eigenvalue weighted by molar-refractivity contribution is 0.0291. The highest BCUT2D eigenvalue weighted by Gasteiger charge is 2.51. The summed E-state index contributed by atoms with van der Waals surface area (Å²) in [6, 6.07) is 0. The molecule has 0 aromatic carbocycles. The Labute approximate surface area is 371 Å². The number of aromatic nitrogens is 10. The minimum atomic E-state index is -1.16. The quantitative estimate of drug-likeness (QED) is 0.0826. The first-order chi connectivity index (χ1) is 29.7. The van der Waals surface area contributed by atoms with E-state index in [0.717, 1.165) is 25.7 Å². The van der Waals surface area contributed by atoms with E-state index in [4.69, 9.17) is 0 Å². The lowest BCUT2D eigenvalue weighted by atomic mass is 9.61. The molecule has 1 aliphatic rings. The van der Waals surface area contributed by atoms with E-state index in [2.05, 4.69) is 38.8 Å². The number of imidazole rings is 5. The van der Waals surface area contributed by atoms with Crippen molar-refractivity contribution in [2.45, 2.75) is 127 Å². The SMILES string of the molecule is CCC(C)(CC(C)(CC(C)C1CCC(C(C)CC(C)(CC(C)(CC(C)(C)C(=O)n2ccnc2)C(=O)n2ccnc2)C(=O)n2ccnc2)CC1)C(=O)n1ccnc1)C(=O)n1ccnc1. The van der Waals surface area contributed by atoms with Crippen LogP contribution < -0.4 is 0 Å². The zero-order chi connectivity index (χ0) is 45.8. The van der Waals surface area contributed by atoms with Gasteiger partial charge < -0.3 is 0 Å². The molecule has 6 rings (SSSR count). The summed E-state index contributed by atoms with van der Waals surface area (Å²) in [5.74, 6) is 0.291. The van der Waals surface area contributed by atoms with Gasteiger partial charge in [-0.1, -0.05) is 62.3 Å². The molecule has 6 unspecified atom stereocenters.